The lowest BCUT2D eigenvalue weighted by Gasteiger charge is -2.08. The average molecular weight is 483 g/mol. The van der Waals surface area contributed by atoms with Crippen molar-refractivity contribution < 1.29 is 14.3 Å². The molecule has 1 aliphatic carbocycles. The first-order chi connectivity index (χ1) is 12.2. The number of carbonyl (C=O) groups excluding carboxylic acids is 1. The van der Waals surface area contributed by atoms with E-state index in [1.165, 1.54) is 22.7 Å². The second kappa shape index (κ2) is 5.85. The summed E-state index contributed by atoms with van der Waals surface area (Å²) in [7, 11) is 0. The number of hydrogen-bond acceptors (Lipinski definition) is 4. The maximum Gasteiger partial charge on any atom is 0.234 e. The number of imidazole rings is 1. The summed E-state index contributed by atoms with van der Waals surface area (Å²) in [6.07, 6.45) is 3.22. The molecule has 0 saturated heterocycles. The summed E-state index contributed by atoms with van der Waals surface area (Å²) in [6, 6.07) is 3.08. The number of fused-ring (bicyclic) bond motifs is 1. The minimum atomic E-state index is -0.543. The van der Waals surface area contributed by atoms with Gasteiger partial charge >= 0.3 is 0 Å². The maximum absolute atomic E-state index is 13.8. The number of ketones is 1. The van der Waals surface area contributed by atoms with E-state index in [0.29, 0.717) is 31.7 Å². The van der Waals surface area contributed by atoms with Crippen LogP contribution in [0.1, 0.15) is 47.9 Å². The predicted molar refractivity (Wildman–Crippen MR) is 101 cm³/mol. The van der Waals surface area contributed by atoms with Gasteiger partial charge in [0.05, 0.1) is 27.0 Å². The van der Waals surface area contributed by atoms with E-state index in [0.717, 1.165) is 12.6 Å². The molecule has 8 heteroatoms. The molecule has 4 rings (SSSR count). The molecule has 134 valence electrons. The zero-order chi connectivity index (χ0) is 18.8. The molecule has 1 unspecified atom stereocenters. The van der Waals surface area contributed by atoms with Crippen LogP contribution in [0, 0.1) is 11.2 Å². The molecular formula is C18H14Br2FN3O2. The third kappa shape index (κ3) is 2.75. The zero-order valence-electron chi connectivity index (χ0n) is 13.9. The molecular weight excluding hydrogens is 469 g/mol. The number of rotatable bonds is 3. The molecule has 0 bridgehead atoms. The topological polar surface area (TPSA) is 67.5 Å². The van der Waals surface area contributed by atoms with E-state index in [2.05, 4.69) is 55.7 Å². The van der Waals surface area contributed by atoms with Crippen LogP contribution in [0.15, 0.2) is 33.5 Å². The van der Waals surface area contributed by atoms with Gasteiger partial charge in [0.15, 0.2) is 5.82 Å². The Labute approximate surface area is 165 Å². The number of carbonyl (C=O) groups is 1. The highest BCUT2D eigenvalue weighted by atomic mass is 79.9. The Hall–Kier alpha value is -1.80. The highest BCUT2D eigenvalue weighted by molar-refractivity contribution is 9.11. The van der Waals surface area contributed by atoms with Gasteiger partial charge in [-0.2, -0.15) is 0 Å². The van der Waals surface area contributed by atoms with Gasteiger partial charge in [-0.3, -0.25) is 9.20 Å². The highest BCUT2D eigenvalue weighted by Crippen LogP contribution is 2.59. The van der Waals surface area contributed by atoms with Crippen LogP contribution in [-0.4, -0.2) is 25.3 Å². The van der Waals surface area contributed by atoms with Gasteiger partial charge in [-0.25, -0.2) is 14.4 Å². The van der Waals surface area contributed by atoms with Crippen LogP contribution in [0.4, 0.5) is 4.39 Å². The van der Waals surface area contributed by atoms with Gasteiger partial charge in [-0.05, 0) is 55.8 Å². The minimum Gasteiger partial charge on any atom is -0.506 e. The Bertz CT molecular complexity index is 1050. The number of phenolic OH excluding ortho intramolecular Hbond substituents is 1. The molecule has 1 aliphatic rings. The van der Waals surface area contributed by atoms with Crippen molar-refractivity contribution >= 4 is 43.4 Å². The van der Waals surface area contributed by atoms with Crippen molar-refractivity contribution in [2.24, 2.45) is 5.41 Å². The summed E-state index contributed by atoms with van der Waals surface area (Å²) >= 11 is 6.48. The van der Waals surface area contributed by atoms with Gasteiger partial charge < -0.3 is 5.11 Å². The molecule has 0 amide bonds. The molecule has 1 N–H and O–H groups in total. The van der Waals surface area contributed by atoms with Crippen molar-refractivity contribution in [3.8, 4) is 5.75 Å². The summed E-state index contributed by atoms with van der Waals surface area (Å²) in [6.45, 7) is 4.22. The summed E-state index contributed by atoms with van der Waals surface area (Å²) in [5.74, 6) is -0.418. The Morgan fingerprint density at radius 3 is 2.54 bits per heavy atom. The minimum absolute atomic E-state index is 0.0101. The molecule has 0 aliphatic heterocycles. The van der Waals surface area contributed by atoms with Crippen LogP contribution in [0.3, 0.4) is 0 Å². The fraction of sp³-hybridized carbons (Fsp3) is 0.278. The first-order valence-electron chi connectivity index (χ1n) is 7.95. The van der Waals surface area contributed by atoms with E-state index in [-0.39, 0.29) is 22.9 Å². The zero-order valence-corrected chi connectivity index (χ0v) is 17.1. The van der Waals surface area contributed by atoms with Crippen molar-refractivity contribution in [3.63, 3.8) is 0 Å². The van der Waals surface area contributed by atoms with Crippen molar-refractivity contribution in [2.45, 2.75) is 26.2 Å². The molecule has 2 heterocycles. The Balaban J connectivity index is 1.93. The number of hydrogen-bond donors (Lipinski definition) is 1. The number of nitrogens with zero attached hydrogens (tertiary/aromatic N) is 3. The van der Waals surface area contributed by atoms with E-state index >= 15 is 0 Å². The number of aromatic hydroxyl groups is 1. The third-order valence-corrected chi connectivity index (χ3v) is 6.02. The Morgan fingerprint density at radius 1 is 1.35 bits per heavy atom. The van der Waals surface area contributed by atoms with Crippen LogP contribution < -0.4 is 0 Å². The summed E-state index contributed by atoms with van der Waals surface area (Å²) in [5, 5.41) is 9.89. The predicted octanol–water partition coefficient (Wildman–Crippen LogP) is 4.84. The lowest BCUT2D eigenvalue weighted by molar-refractivity contribution is 0.103. The molecule has 1 fully saturated rings. The van der Waals surface area contributed by atoms with Crippen LogP contribution in [0.5, 0.6) is 5.75 Å². The molecule has 3 aromatic rings. The summed E-state index contributed by atoms with van der Waals surface area (Å²) in [4.78, 5) is 21.8. The monoisotopic (exact) mass is 481 g/mol. The standard InChI is InChI=1S/C18H14Br2FN3O2/c1-18(2)5-10(18)13-14(24-7-9(21)6-22-17(24)23-13)15(25)8-3-11(19)16(26)12(20)4-8/h3-4,6-7,10,26H,5H2,1-2H3. The third-order valence-electron chi connectivity index (χ3n) is 4.81. The van der Waals surface area contributed by atoms with E-state index < -0.39 is 5.82 Å². The van der Waals surface area contributed by atoms with Crippen molar-refractivity contribution in [1.29, 1.82) is 0 Å². The average Bonchev–Trinajstić information content (AvgIpc) is 3.05. The second-order valence-corrected chi connectivity index (χ2v) is 8.86. The highest BCUT2D eigenvalue weighted by Gasteiger charge is 2.50. The molecule has 26 heavy (non-hydrogen) atoms. The van der Waals surface area contributed by atoms with E-state index in [4.69, 9.17) is 0 Å². The fourth-order valence-electron chi connectivity index (χ4n) is 3.16. The lowest BCUT2D eigenvalue weighted by atomic mass is 10.0. The first kappa shape index (κ1) is 17.6. The molecule has 2 aromatic heterocycles. The molecule has 1 atom stereocenters. The van der Waals surface area contributed by atoms with Gasteiger partial charge in [-0.1, -0.05) is 13.8 Å². The molecule has 0 spiro atoms. The Kier molecular flexibility index (Phi) is 3.96. The van der Waals surface area contributed by atoms with Crippen molar-refractivity contribution in [2.75, 3.05) is 0 Å². The smallest absolute Gasteiger partial charge is 0.234 e. The van der Waals surface area contributed by atoms with Gasteiger partial charge in [-0.15, -0.1) is 0 Å². The largest absolute Gasteiger partial charge is 0.506 e. The van der Waals surface area contributed by atoms with Gasteiger partial charge in [0.25, 0.3) is 0 Å². The molecule has 0 radical (unpaired) electrons. The van der Waals surface area contributed by atoms with Crippen LogP contribution in [0.2, 0.25) is 0 Å². The maximum atomic E-state index is 13.8. The van der Waals surface area contributed by atoms with Crippen LogP contribution in [0.25, 0.3) is 5.78 Å². The van der Waals surface area contributed by atoms with Crippen molar-refractivity contribution in [3.05, 3.63) is 56.2 Å². The van der Waals surface area contributed by atoms with E-state index in [1.54, 1.807) is 0 Å². The number of halogens is 3. The summed E-state index contributed by atoms with van der Waals surface area (Å²) in [5.41, 5.74) is 1.35. The summed E-state index contributed by atoms with van der Waals surface area (Å²) < 4.78 is 16.0. The van der Waals surface area contributed by atoms with Crippen LogP contribution >= 0.6 is 31.9 Å². The van der Waals surface area contributed by atoms with E-state index in [9.17, 15) is 14.3 Å². The number of aromatic nitrogens is 3. The SMILES string of the molecule is CC1(C)CC1c1nc2ncc(F)cn2c1C(=O)c1cc(Br)c(O)c(Br)c1. The number of phenols is 1. The fourth-order valence-corrected chi connectivity index (χ4v) is 4.35. The van der Waals surface area contributed by atoms with Gasteiger partial charge in [0.1, 0.15) is 11.4 Å². The number of benzene rings is 1. The normalized spacial score (nSPS) is 18.3. The first-order valence-corrected chi connectivity index (χ1v) is 9.54. The van der Waals surface area contributed by atoms with Gasteiger partial charge in [0, 0.05) is 11.5 Å². The van der Waals surface area contributed by atoms with Crippen LogP contribution in [-0.2, 0) is 0 Å². The molecule has 1 saturated carbocycles. The van der Waals surface area contributed by atoms with E-state index in [1.807, 2.05) is 0 Å². The quantitative estimate of drug-likeness (QED) is 0.542. The lowest BCUT2D eigenvalue weighted by Crippen LogP contribution is -2.09. The van der Waals surface area contributed by atoms with Crippen molar-refractivity contribution in [1.82, 2.24) is 14.4 Å². The van der Waals surface area contributed by atoms with Gasteiger partial charge in [0.2, 0.25) is 11.6 Å². The molecule has 5 nitrogen and oxygen atoms in total. The Morgan fingerprint density at radius 2 is 1.96 bits per heavy atom. The second-order valence-electron chi connectivity index (χ2n) is 7.15. The molecule has 1 aromatic carbocycles.